The molecule has 0 unspecified atom stereocenters. The molecule has 0 fully saturated rings. The van der Waals surface area contributed by atoms with Crippen LogP contribution in [-0.4, -0.2) is 29.4 Å². The van der Waals surface area contributed by atoms with E-state index < -0.39 is 0 Å². The molecule has 0 aliphatic carbocycles. The number of rotatable bonds is 6. The Labute approximate surface area is 99.8 Å². The molecule has 0 spiro atoms. The molecule has 16 heavy (non-hydrogen) atoms. The molecule has 1 rings (SSSR count). The first-order valence-electron chi connectivity index (χ1n) is 5.33. The summed E-state index contributed by atoms with van der Waals surface area (Å²) < 4.78 is 1.21. The van der Waals surface area contributed by atoms with Gasteiger partial charge in [-0.1, -0.05) is 18.5 Å². The highest BCUT2D eigenvalue weighted by molar-refractivity contribution is 6.32. The quantitative estimate of drug-likeness (QED) is 0.729. The molecule has 0 bridgehead atoms. The third-order valence-electron chi connectivity index (χ3n) is 2.17. The molecule has 0 radical (unpaired) electrons. The van der Waals surface area contributed by atoms with E-state index in [9.17, 15) is 4.79 Å². The molecule has 0 aliphatic heterocycles. The summed E-state index contributed by atoms with van der Waals surface area (Å²) in [5, 5.41) is 10.4. The van der Waals surface area contributed by atoms with Crippen molar-refractivity contribution >= 4 is 17.3 Å². The van der Waals surface area contributed by atoms with Gasteiger partial charge in [0.25, 0.3) is 5.56 Å². The molecule has 0 atom stereocenters. The minimum absolute atomic E-state index is 0.195. The molecule has 0 saturated heterocycles. The molecule has 2 N–H and O–H groups in total. The fourth-order valence-electron chi connectivity index (χ4n) is 1.25. The van der Waals surface area contributed by atoms with Gasteiger partial charge < -0.3 is 10.6 Å². The second-order valence-corrected chi connectivity index (χ2v) is 3.81. The van der Waals surface area contributed by atoms with Crippen LogP contribution in [0.5, 0.6) is 0 Å². The normalized spacial score (nSPS) is 10.4. The molecule has 0 aromatic carbocycles. The smallest absolute Gasteiger partial charge is 0.287 e. The zero-order valence-corrected chi connectivity index (χ0v) is 10.3. The van der Waals surface area contributed by atoms with E-state index in [-0.39, 0.29) is 10.6 Å². The van der Waals surface area contributed by atoms with E-state index in [1.807, 2.05) is 0 Å². The molecule has 5 nitrogen and oxygen atoms in total. The van der Waals surface area contributed by atoms with Crippen molar-refractivity contribution < 1.29 is 0 Å². The van der Waals surface area contributed by atoms with Gasteiger partial charge in [-0.2, -0.15) is 5.10 Å². The van der Waals surface area contributed by atoms with Crippen molar-refractivity contribution in [1.82, 2.24) is 15.1 Å². The lowest BCUT2D eigenvalue weighted by Crippen LogP contribution is -2.22. The molecular weight excluding hydrogens is 228 g/mol. The van der Waals surface area contributed by atoms with Gasteiger partial charge in [0.2, 0.25) is 0 Å². The zero-order valence-electron chi connectivity index (χ0n) is 9.59. The topological polar surface area (TPSA) is 59.0 Å². The maximum absolute atomic E-state index is 11.4. The number of hydrogen-bond acceptors (Lipinski definition) is 4. The molecule has 90 valence electrons. The number of nitrogens with zero attached hydrogens (tertiary/aromatic N) is 2. The summed E-state index contributed by atoms with van der Waals surface area (Å²) in [7, 11) is 1.57. The Kier molecular flexibility index (Phi) is 5.28. The van der Waals surface area contributed by atoms with E-state index >= 15 is 0 Å². The molecule has 1 heterocycles. The fraction of sp³-hybridized carbons (Fsp3) is 0.600. The first kappa shape index (κ1) is 13.0. The summed E-state index contributed by atoms with van der Waals surface area (Å²) in [5.74, 6) is 0. The highest BCUT2D eigenvalue weighted by Crippen LogP contribution is 2.14. The minimum Gasteiger partial charge on any atom is -0.382 e. The van der Waals surface area contributed by atoms with Crippen molar-refractivity contribution in [2.45, 2.75) is 13.3 Å². The lowest BCUT2D eigenvalue weighted by molar-refractivity contribution is 0.685. The van der Waals surface area contributed by atoms with Crippen LogP contribution in [0.4, 0.5) is 5.69 Å². The molecule has 0 saturated carbocycles. The molecule has 1 aromatic heterocycles. The maximum atomic E-state index is 11.4. The summed E-state index contributed by atoms with van der Waals surface area (Å²) in [5.41, 5.74) is 0.319. The number of hydrogen-bond donors (Lipinski definition) is 2. The van der Waals surface area contributed by atoms with Gasteiger partial charge >= 0.3 is 0 Å². The van der Waals surface area contributed by atoms with Gasteiger partial charge in [0.15, 0.2) is 0 Å². The SMILES string of the molecule is CCNCCCNc1cnn(C)c(=O)c1Cl. The summed E-state index contributed by atoms with van der Waals surface area (Å²) in [6.07, 6.45) is 2.54. The number of nitrogens with one attached hydrogen (secondary N) is 2. The Morgan fingerprint density at radius 1 is 1.50 bits per heavy atom. The first-order chi connectivity index (χ1) is 7.66. The van der Waals surface area contributed by atoms with E-state index in [1.165, 1.54) is 4.68 Å². The predicted octanol–water partition coefficient (Wildman–Crippen LogP) is 0.845. The van der Waals surface area contributed by atoms with Crippen LogP contribution in [-0.2, 0) is 7.05 Å². The Morgan fingerprint density at radius 3 is 2.94 bits per heavy atom. The van der Waals surface area contributed by atoms with E-state index in [0.29, 0.717) is 5.69 Å². The molecular formula is C10H17ClN4O. The van der Waals surface area contributed by atoms with Crippen molar-refractivity contribution in [2.75, 3.05) is 25.0 Å². The van der Waals surface area contributed by atoms with Gasteiger partial charge in [-0.05, 0) is 19.5 Å². The maximum Gasteiger partial charge on any atom is 0.287 e. The first-order valence-corrected chi connectivity index (χ1v) is 5.71. The Bertz CT molecular complexity index is 391. The second-order valence-electron chi connectivity index (χ2n) is 3.43. The number of halogens is 1. The van der Waals surface area contributed by atoms with Crippen LogP contribution in [0.2, 0.25) is 5.02 Å². The van der Waals surface area contributed by atoms with Crippen LogP contribution < -0.4 is 16.2 Å². The standard InChI is InChI=1S/C10H17ClN4O/c1-3-12-5-4-6-13-8-7-14-15(2)10(16)9(8)11/h7,12-13H,3-6H2,1-2H3. The minimum atomic E-state index is -0.279. The van der Waals surface area contributed by atoms with Gasteiger partial charge in [0.05, 0.1) is 11.9 Å². The van der Waals surface area contributed by atoms with Gasteiger partial charge in [-0.15, -0.1) is 0 Å². The summed E-state index contributed by atoms with van der Waals surface area (Å²) in [4.78, 5) is 11.4. The van der Waals surface area contributed by atoms with Crippen LogP contribution in [0.25, 0.3) is 0 Å². The fourth-order valence-corrected chi connectivity index (χ4v) is 1.49. The third-order valence-corrected chi connectivity index (χ3v) is 2.54. The van der Waals surface area contributed by atoms with Crippen molar-refractivity contribution in [3.63, 3.8) is 0 Å². The molecule has 6 heteroatoms. The molecule has 0 amide bonds. The summed E-state index contributed by atoms with van der Waals surface area (Å²) >= 11 is 5.89. The van der Waals surface area contributed by atoms with Crippen molar-refractivity contribution in [3.8, 4) is 0 Å². The zero-order chi connectivity index (χ0) is 12.0. The van der Waals surface area contributed by atoms with Gasteiger partial charge in [-0.3, -0.25) is 4.79 Å². The average Bonchev–Trinajstić information content (AvgIpc) is 2.28. The monoisotopic (exact) mass is 244 g/mol. The number of aromatic nitrogens is 2. The second kappa shape index (κ2) is 6.50. The Balaban J connectivity index is 2.49. The van der Waals surface area contributed by atoms with Crippen molar-refractivity contribution in [3.05, 3.63) is 21.6 Å². The van der Waals surface area contributed by atoms with E-state index in [1.54, 1.807) is 13.2 Å². The molecule has 1 aromatic rings. The summed E-state index contributed by atoms with van der Waals surface area (Å²) in [6, 6.07) is 0. The average molecular weight is 245 g/mol. The lowest BCUT2D eigenvalue weighted by Gasteiger charge is -2.08. The van der Waals surface area contributed by atoms with Gasteiger partial charge in [0, 0.05) is 13.6 Å². The highest BCUT2D eigenvalue weighted by atomic mass is 35.5. The van der Waals surface area contributed by atoms with Crippen LogP contribution in [0.15, 0.2) is 11.0 Å². The van der Waals surface area contributed by atoms with Gasteiger partial charge in [-0.25, -0.2) is 4.68 Å². The van der Waals surface area contributed by atoms with Crippen molar-refractivity contribution in [1.29, 1.82) is 0 Å². The van der Waals surface area contributed by atoms with Crippen molar-refractivity contribution in [2.24, 2.45) is 7.05 Å². The van der Waals surface area contributed by atoms with Crippen LogP contribution >= 0.6 is 11.6 Å². The van der Waals surface area contributed by atoms with E-state index in [4.69, 9.17) is 11.6 Å². The third kappa shape index (κ3) is 3.50. The summed E-state index contributed by atoms with van der Waals surface area (Å²) in [6.45, 7) is 4.74. The highest BCUT2D eigenvalue weighted by Gasteiger charge is 2.05. The predicted molar refractivity (Wildman–Crippen MR) is 66.1 cm³/mol. The number of anilines is 1. The lowest BCUT2D eigenvalue weighted by atomic mass is 10.4. The van der Waals surface area contributed by atoms with Crippen LogP contribution in [0.1, 0.15) is 13.3 Å². The van der Waals surface area contributed by atoms with Crippen LogP contribution in [0.3, 0.4) is 0 Å². The Hall–Kier alpha value is -1.07. The van der Waals surface area contributed by atoms with E-state index in [2.05, 4.69) is 22.7 Å². The van der Waals surface area contributed by atoms with Gasteiger partial charge in [0.1, 0.15) is 5.02 Å². The largest absolute Gasteiger partial charge is 0.382 e. The van der Waals surface area contributed by atoms with E-state index in [0.717, 1.165) is 26.1 Å². The molecule has 0 aliphatic rings. The van der Waals surface area contributed by atoms with Crippen LogP contribution in [0, 0.1) is 0 Å². The Morgan fingerprint density at radius 2 is 2.25 bits per heavy atom. The number of aryl methyl sites for hydroxylation is 1.